The topological polar surface area (TPSA) is 0 Å². The van der Waals surface area contributed by atoms with E-state index in [4.69, 9.17) is 0 Å². The van der Waals surface area contributed by atoms with Gasteiger partial charge in [0.25, 0.3) is 0 Å². The van der Waals surface area contributed by atoms with Crippen LogP contribution in [0.15, 0.2) is 22.0 Å². The van der Waals surface area contributed by atoms with Crippen LogP contribution in [0.3, 0.4) is 0 Å². The Hall–Kier alpha value is 0.0229. The van der Waals surface area contributed by atoms with Crippen molar-refractivity contribution in [3.63, 3.8) is 0 Å². The molecule has 0 fully saturated rings. The van der Waals surface area contributed by atoms with Gasteiger partial charge < -0.3 is 0 Å². The van der Waals surface area contributed by atoms with E-state index >= 15 is 0 Å². The van der Waals surface area contributed by atoms with Gasteiger partial charge in [-0.05, 0) is 0 Å². The summed E-state index contributed by atoms with van der Waals surface area (Å²) in [4.78, 5) is 4.56. The first-order valence-electron chi connectivity index (χ1n) is 1.67. The first kappa shape index (κ1) is 3.22. The van der Waals surface area contributed by atoms with Crippen LogP contribution in [0.2, 0.25) is 0 Å². The summed E-state index contributed by atoms with van der Waals surface area (Å²) in [6, 6.07) is 0. The zero-order valence-corrected chi connectivity index (χ0v) is 5.31. The molecule has 0 atom stereocenters. The number of hydrogen-bond acceptors (Lipinski definition) is 0. The summed E-state index contributed by atoms with van der Waals surface area (Å²) in [5.74, 6) is 0. The third kappa shape index (κ3) is 0.652. The van der Waals surface area contributed by atoms with Crippen molar-refractivity contribution in [2.45, 2.75) is 0 Å². The van der Waals surface area contributed by atoms with E-state index in [-0.39, 0.29) is 15.4 Å². The molecule has 0 aromatic heterocycles. The van der Waals surface area contributed by atoms with Gasteiger partial charge >= 0.3 is 37.4 Å². The second kappa shape index (κ2) is 1.46. The van der Waals surface area contributed by atoms with Crippen LogP contribution in [-0.2, 0) is 0 Å². The molecule has 26 valence electrons. The van der Waals surface area contributed by atoms with Crippen molar-refractivity contribution in [3.8, 4) is 0 Å². The third-order valence-corrected chi connectivity index (χ3v) is 2.42. The summed E-state index contributed by atoms with van der Waals surface area (Å²) >= 11 is 0.0625. The van der Waals surface area contributed by atoms with Gasteiger partial charge in [0.1, 0.15) is 0 Å². The Morgan fingerprint density at radius 2 is 1.60 bits per heavy atom. The molecule has 0 amide bonds. The van der Waals surface area contributed by atoms with Crippen LogP contribution in [0.4, 0.5) is 0 Å². The van der Waals surface area contributed by atoms with E-state index in [1.54, 1.807) is 0 Å². The molecule has 0 unspecified atom stereocenters. The molecule has 0 aliphatic carbocycles. The van der Waals surface area contributed by atoms with E-state index in [2.05, 4.69) is 22.0 Å². The predicted octanol–water partition coefficient (Wildman–Crippen LogP) is 0.464. The van der Waals surface area contributed by atoms with E-state index in [1.807, 2.05) is 0 Å². The maximum atomic E-state index is 2.28. The summed E-state index contributed by atoms with van der Waals surface area (Å²) in [5.41, 5.74) is 0. The fourth-order valence-corrected chi connectivity index (χ4v) is 1.67. The molecule has 0 saturated carbocycles. The fourth-order valence-electron chi connectivity index (χ4n) is 0.321. The second-order valence-corrected chi connectivity index (χ2v) is 3.38. The average molecular weight is 126 g/mol. The van der Waals surface area contributed by atoms with Crippen molar-refractivity contribution < 1.29 is 0 Å². The summed E-state index contributed by atoms with van der Waals surface area (Å²) in [7, 11) is 0. The number of hydrogen-bond donors (Lipinski definition) is 0. The van der Waals surface area contributed by atoms with Crippen LogP contribution in [-0.4, -0.2) is 15.4 Å². The van der Waals surface area contributed by atoms with Gasteiger partial charge in [-0.1, -0.05) is 0 Å². The Labute approximate surface area is 38.0 Å². The van der Waals surface area contributed by atoms with Gasteiger partial charge in [-0.3, -0.25) is 0 Å². The Morgan fingerprint density at radius 1 is 1.00 bits per heavy atom. The molecule has 1 aliphatic heterocycles. The molecule has 0 nitrogen and oxygen atoms in total. The minimum absolute atomic E-state index is 0.0625. The van der Waals surface area contributed by atoms with Gasteiger partial charge in [0.15, 0.2) is 0 Å². The van der Waals surface area contributed by atoms with Gasteiger partial charge in [0.2, 0.25) is 0 Å². The molecular formula is C4H5Ge-. The number of allylic oxidation sites excluding steroid dienone is 2. The molecule has 0 bridgehead atoms. The van der Waals surface area contributed by atoms with Crippen LogP contribution in [0.5, 0.6) is 0 Å². The minimum atomic E-state index is 0.0625. The van der Waals surface area contributed by atoms with Crippen molar-refractivity contribution in [3.05, 3.63) is 22.0 Å². The molecule has 5 heavy (non-hydrogen) atoms. The quantitative estimate of drug-likeness (QED) is 0.413. The number of rotatable bonds is 0. The Morgan fingerprint density at radius 3 is 1.80 bits per heavy atom. The van der Waals surface area contributed by atoms with Gasteiger partial charge in [-0.15, -0.1) is 0 Å². The van der Waals surface area contributed by atoms with Crippen LogP contribution in [0.25, 0.3) is 0 Å². The van der Waals surface area contributed by atoms with E-state index in [0.717, 1.165) is 0 Å². The monoisotopic (exact) mass is 127 g/mol. The van der Waals surface area contributed by atoms with Gasteiger partial charge in [-0.2, -0.15) is 0 Å². The molecule has 0 N–H and O–H groups in total. The van der Waals surface area contributed by atoms with E-state index in [0.29, 0.717) is 0 Å². The first-order valence-corrected chi connectivity index (χ1v) is 4.46. The molecule has 1 aliphatic rings. The molecule has 0 aromatic rings. The van der Waals surface area contributed by atoms with Crippen molar-refractivity contribution in [1.29, 1.82) is 0 Å². The fraction of sp³-hybridized carbons (Fsp3) is 0. The predicted molar refractivity (Wildman–Crippen MR) is 25.4 cm³/mol. The molecule has 0 spiro atoms. The molecule has 1 rings (SSSR count). The second-order valence-electron chi connectivity index (χ2n) is 0.962. The Bertz CT molecular complexity index is 61.7. The van der Waals surface area contributed by atoms with Crippen LogP contribution in [0.1, 0.15) is 0 Å². The van der Waals surface area contributed by atoms with Crippen molar-refractivity contribution >= 4 is 15.4 Å². The molecule has 0 radical (unpaired) electrons. The first-order chi connectivity index (χ1) is 2.50. The zero-order valence-electron chi connectivity index (χ0n) is 2.89. The van der Waals surface area contributed by atoms with E-state index < -0.39 is 0 Å². The maximum absolute atomic E-state index is 2.28. The van der Waals surface area contributed by atoms with Crippen LogP contribution < -0.4 is 0 Å². The molecule has 0 saturated heterocycles. The van der Waals surface area contributed by atoms with Crippen molar-refractivity contribution in [2.75, 3.05) is 0 Å². The van der Waals surface area contributed by atoms with Crippen molar-refractivity contribution in [1.82, 2.24) is 0 Å². The van der Waals surface area contributed by atoms with Gasteiger partial charge in [-0.25, -0.2) is 0 Å². The molecule has 1 heteroatoms. The van der Waals surface area contributed by atoms with Crippen LogP contribution in [0, 0.1) is 0 Å². The summed E-state index contributed by atoms with van der Waals surface area (Å²) in [6.45, 7) is 0. The van der Waals surface area contributed by atoms with E-state index in [9.17, 15) is 0 Å². The normalized spacial score (nSPS) is 16.0. The summed E-state index contributed by atoms with van der Waals surface area (Å²) < 4.78 is 0. The Balaban J connectivity index is 2.61. The van der Waals surface area contributed by atoms with Crippen LogP contribution >= 0.6 is 0 Å². The molecule has 1 heterocycles. The summed E-state index contributed by atoms with van der Waals surface area (Å²) in [6.07, 6.45) is 4.25. The molecule has 0 aromatic carbocycles. The zero-order chi connectivity index (χ0) is 3.54. The average Bonchev–Trinajstić information content (AvgIpc) is 1.76. The standard InChI is InChI=1S/C4H5Ge/c1-2-4-5-3-1/h1-5H/q-1. The SMILES string of the molecule is C1=[CH][GeH-][CH]=C1. The van der Waals surface area contributed by atoms with Crippen molar-refractivity contribution in [2.24, 2.45) is 0 Å². The third-order valence-electron chi connectivity index (χ3n) is 0.556. The Kier molecular flexibility index (Phi) is 0.939. The molecular weight excluding hydrogens is 121 g/mol. The summed E-state index contributed by atoms with van der Waals surface area (Å²) in [5, 5.41) is 0. The van der Waals surface area contributed by atoms with Gasteiger partial charge in [0.05, 0.1) is 0 Å². The van der Waals surface area contributed by atoms with E-state index in [1.165, 1.54) is 0 Å². The van der Waals surface area contributed by atoms with Gasteiger partial charge in [0, 0.05) is 0 Å².